The van der Waals surface area contributed by atoms with E-state index < -0.39 is 35.6 Å². The van der Waals surface area contributed by atoms with E-state index in [1.807, 2.05) is 32.9 Å². The predicted octanol–water partition coefficient (Wildman–Crippen LogP) is 5.64. The molecule has 38 heavy (non-hydrogen) atoms. The second kappa shape index (κ2) is 13.1. The van der Waals surface area contributed by atoms with Crippen molar-refractivity contribution >= 4 is 23.6 Å². The maximum Gasteiger partial charge on any atom is 0.408 e. The quantitative estimate of drug-likeness (QED) is 0.349. The van der Waals surface area contributed by atoms with Crippen LogP contribution in [0.25, 0.3) is 0 Å². The zero-order valence-corrected chi connectivity index (χ0v) is 23.5. The Morgan fingerprint density at radius 3 is 2.26 bits per heavy atom. The molecule has 0 radical (unpaired) electrons. The number of carbonyl (C=O) groups is 3. The van der Waals surface area contributed by atoms with Crippen molar-refractivity contribution in [2.75, 3.05) is 11.9 Å². The number of hydrogen-bond donors (Lipinski definition) is 3. The Balaban J connectivity index is 2.57. The van der Waals surface area contributed by atoms with Gasteiger partial charge in [-0.25, -0.2) is 4.79 Å². The molecule has 2 aromatic rings. The largest absolute Gasteiger partial charge is 0.507 e. The Kier molecular flexibility index (Phi) is 10.5. The Morgan fingerprint density at radius 2 is 1.68 bits per heavy atom. The zero-order valence-electron chi connectivity index (χ0n) is 23.5. The average Bonchev–Trinajstić information content (AvgIpc) is 2.80. The normalized spacial score (nSPS) is 12.8. The lowest BCUT2D eigenvalue weighted by Crippen LogP contribution is -2.52. The van der Waals surface area contributed by atoms with Crippen LogP contribution in [-0.4, -0.2) is 46.1 Å². The lowest BCUT2D eigenvalue weighted by molar-refractivity contribution is -0.140. The summed E-state index contributed by atoms with van der Waals surface area (Å²) in [5.41, 5.74) is 1.52. The van der Waals surface area contributed by atoms with Crippen LogP contribution in [0, 0.1) is 19.8 Å². The number of hydrogen-bond acceptors (Lipinski definition) is 5. The van der Waals surface area contributed by atoms with E-state index in [0.717, 1.165) is 5.56 Å². The molecule has 3 N–H and O–H groups in total. The van der Waals surface area contributed by atoms with Gasteiger partial charge in [-0.1, -0.05) is 56.3 Å². The van der Waals surface area contributed by atoms with E-state index in [2.05, 4.69) is 17.2 Å². The summed E-state index contributed by atoms with van der Waals surface area (Å²) in [6.45, 7) is 16.5. The van der Waals surface area contributed by atoms with Gasteiger partial charge in [-0.2, -0.15) is 0 Å². The molecule has 0 heterocycles. The standard InChI is InChI=1S/C30H41N3O5/c1-9-17-33(28(36)24(18-19(2)3)32-29(37)38-30(6,7)8)25(22-15-12-14-21(5)26(22)34)27(35)31-23-16-11-10-13-20(23)4/h9-16,19,24-25,34H,1,17-18H2,2-8H3,(H,31,35)(H,32,37). The number of alkyl carbamates (subject to hydrolysis) is 1. The van der Waals surface area contributed by atoms with Crippen molar-refractivity contribution in [2.24, 2.45) is 5.92 Å². The Labute approximate surface area is 226 Å². The van der Waals surface area contributed by atoms with Gasteiger partial charge in [0.25, 0.3) is 5.91 Å². The lowest BCUT2D eigenvalue weighted by Gasteiger charge is -2.34. The first-order chi connectivity index (χ1) is 17.7. The number of benzene rings is 2. The molecule has 2 aromatic carbocycles. The minimum absolute atomic E-state index is 0.00265. The van der Waals surface area contributed by atoms with Crippen LogP contribution in [-0.2, 0) is 14.3 Å². The first-order valence-corrected chi connectivity index (χ1v) is 12.8. The molecular formula is C30H41N3O5. The molecule has 0 aliphatic rings. The third-order valence-electron chi connectivity index (χ3n) is 5.83. The summed E-state index contributed by atoms with van der Waals surface area (Å²) in [6, 6.07) is 10.2. The molecule has 0 fully saturated rings. The Morgan fingerprint density at radius 1 is 1.05 bits per heavy atom. The predicted molar refractivity (Wildman–Crippen MR) is 150 cm³/mol. The molecule has 0 aliphatic carbocycles. The topological polar surface area (TPSA) is 108 Å². The fourth-order valence-corrected chi connectivity index (χ4v) is 4.07. The highest BCUT2D eigenvalue weighted by molar-refractivity contribution is 5.99. The summed E-state index contributed by atoms with van der Waals surface area (Å²) >= 11 is 0. The summed E-state index contributed by atoms with van der Waals surface area (Å²) in [4.78, 5) is 41.9. The Bertz CT molecular complexity index is 1150. The molecule has 2 atom stereocenters. The van der Waals surface area contributed by atoms with Crippen molar-refractivity contribution in [3.05, 3.63) is 71.8 Å². The maximum absolute atomic E-state index is 14.1. The van der Waals surface area contributed by atoms with E-state index >= 15 is 0 Å². The number of aryl methyl sites for hydroxylation is 2. The Hall–Kier alpha value is -3.81. The highest BCUT2D eigenvalue weighted by atomic mass is 16.6. The average molecular weight is 524 g/mol. The summed E-state index contributed by atoms with van der Waals surface area (Å²) in [5.74, 6) is -1.03. The number of nitrogens with one attached hydrogen (secondary N) is 2. The first kappa shape index (κ1) is 30.4. The van der Waals surface area contributed by atoms with E-state index in [1.54, 1.807) is 58.0 Å². The van der Waals surface area contributed by atoms with E-state index in [4.69, 9.17) is 4.74 Å². The molecule has 0 bridgehead atoms. The van der Waals surface area contributed by atoms with Crippen LogP contribution in [0.4, 0.5) is 10.5 Å². The van der Waals surface area contributed by atoms with Crippen molar-refractivity contribution in [3.63, 3.8) is 0 Å². The van der Waals surface area contributed by atoms with Crippen molar-refractivity contribution < 1.29 is 24.2 Å². The smallest absolute Gasteiger partial charge is 0.408 e. The molecule has 2 unspecified atom stereocenters. The molecule has 0 aromatic heterocycles. The van der Waals surface area contributed by atoms with E-state index in [9.17, 15) is 19.5 Å². The molecule has 3 amide bonds. The van der Waals surface area contributed by atoms with Gasteiger partial charge in [-0.3, -0.25) is 9.59 Å². The van der Waals surface area contributed by atoms with Crippen molar-refractivity contribution in [1.29, 1.82) is 0 Å². The van der Waals surface area contributed by atoms with E-state index in [0.29, 0.717) is 17.7 Å². The van der Waals surface area contributed by atoms with Crippen LogP contribution in [0.15, 0.2) is 55.1 Å². The summed E-state index contributed by atoms with van der Waals surface area (Å²) < 4.78 is 5.40. The summed E-state index contributed by atoms with van der Waals surface area (Å²) in [6.07, 6.45) is 1.10. The summed E-state index contributed by atoms with van der Waals surface area (Å²) in [5, 5.41) is 16.6. The second-order valence-corrected chi connectivity index (χ2v) is 10.8. The van der Waals surface area contributed by atoms with Crippen molar-refractivity contribution in [2.45, 2.75) is 72.6 Å². The van der Waals surface area contributed by atoms with Gasteiger partial charge in [-0.15, -0.1) is 6.58 Å². The number of rotatable bonds is 10. The molecule has 2 rings (SSSR count). The number of para-hydroxylation sites is 2. The van der Waals surface area contributed by atoms with E-state index in [-0.39, 0.29) is 23.8 Å². The SMILES string of the molecule is C=CCN(C(=O)C(CC(C)C)NC(=O)OC(C)(C)C)C(C(=O)Nc1ccccc1C)c1cccc(C)c1O. The van der Waals surface area contributed by atoms with Crippen molar-refractivity contribution in [3.8, 4) is 5.75 Å². The highest BCUT2D eigenvalue weighted by Crippen LogP contribution is 2.33. The van der Waals surface area contributed by atoms with Crippen LogP contribution >= 0.6 is 0 Å². The third kappa shape index (κ3) is 8.36. The minimum Gasteiger partial charge on any atom is -0.507 e. The number of nitrogens with zero attached hydrogens (tertiary/aromatic N) is 1. The molecule has 0 saturated heterocycles. The van der Waals surface area contributed by atoms with Crippen LogP contribution in [0.1, 0.15) is 63.8 Å². The molecule has 0 spiro atoms. The zero-order chi connectivity index (χ0) is 28.6. The fraction of sp³-hybridized carbons (Fsp3) is 0.433. The fourth-order valence-electron chi connectivity index (χ4n) is 4.07. The van der Waals surface area contributed by atoms with Gasteiger partial charge < -0.3 is 25.4 Å². The number of amides is 3. The molecular weight excluding hydrogens is 482 g/mol. The van der Waals surface area contributed by atoms with Crippen molar-refractivity contribution in [1.82, 2.24) is 10.2 Å². The highest BCUT2D eigenvalue weighted by Gasteiger charge is 2.37. The number of phenols is 1. The van der Waals surface area contributed by atoms with Gasteiger partial charge >= 0.3 is 6.09 Å². The van der Waals surface area contributed by atoms with Gasteiger partial charge in [-0.05, 0) is 64.2 Å². The molecule has 206 valence electrons. The van der Waals surface area contributed by atoms with E-state index in [1.165, 1.54) is 11.0 Å². The van der Waals surface area contributed by atoms with Crippen LogP contribution in [0.3, 0.4) is 0 Å². The maximum atomic E-state index is 14.1. The molecule has 0 aliphatic heterocycles. The van der Waals surface area contributed by atoms with Crippen LogP contribution in [0.5, 0.6) is 5.75 Å². The molecule has 8 nitrogen and oxygen atoms in total. The summed E-state index contributed by atoms with van der Waals surface area (Å²) in [7, 11) is 0. The number of anilines is 1. The lowest BCUT2D eigenvalue weighted by atomic mass is 9.97. The number of ether oxygens (including phenoxy) is 1. The molecule has 8 heteroatoms. The molecule has 0 saturated carbocycles. The number of phenolic OH excluding ortho intramolecular Hbond substituents is 1. The van der Waals surface area contributed by atoms with Crippen LogP contribution in [0.2, 0.25) is 0 Å². The van der Waals surface area contributed by atoms with Gasteiger partial charge in [0.1, 0.15) is 23.4 Å². The van der Waals surface area contributed by atoms with Gasteiger partial charge in [0, 0.05) is 17.8 Å². The number of carbonyl (C=O) groups excluding carboxylic acids is 3. The number of aromatic hydroxyl groups is 1. The van der Waals surface area contributed by atoms with Gasteiger partial charge in [0.2, 0.25) is 5.91 Å². The van der Waals surface area contributed by atoms with Gasteiger partial charge in [0.05, 0.1) is 0 Å². The minimum atomic E-state index is -1.20. The monoisotopic (exact) mass is 523 g/mol. The van der Waals surface area contributed by atoms with Gasteiger partial charge in [0.15, 0.2) is 0 Å². The van der Waals surface area contributed by atoms with Crippen LogP contribution < -0.4 is 10.6 Å². The first-order valence-electron chi connectivity index (χ1n) is 12.8. The second-order valence-electron chi connectivity index (χ2n) is 10.8. The third-order valence-corrected chi connectivity index (χ3v) is 5.83.